The normalized spacial score (nSPS) is 37.2. The molecule has 1 aliphatic heterocycles. The maximum absolute atomic E-state index is 13.7. The summed E-state index contributed by atoms with van der Waals surface area (Å²) in [6, 6.07) is 0.0367. The Kier molecular flexibility index (Phi) is 7.62. The number of halogens is 1. The van der Waals surface area contributed by atoms with E-state index in [0.717, 1.165) is 6.42 Å². The van der Waals surface area contributed by atoms with Gasteiger partial charge in [0.15, 0.2) is 5.96 Å². The van der Waals surface area contributed by atoms with Gasteiger partial charge in [0, 0.05) is 31.0 Å². The number of carbonyl (C=O) groups is 1. The SMILES string of the molecule is COC[C@H](C)N/C(=N\C1NNC2CC(F)CCC21)NC(=O)C1CCC(O)CC1. The van der Waals surface area contributed by atoms with E-state index in [4.69, 9.17) is 9.73 Å². The van der Waals surface area contributed by atoms with Gasteiger partial charge < -0.3 is 15.2 Å². The van der Waals surface area contributed by atoms with Gasteiger partial charge in [0.25, 0.3) is 0 Å². The second-order valence-corrected chi connectivity index (χ2v) is 8.39. The molecule has 4 unspecified atom stereocenters. The van der Waals surface area contributed by atoms with Crippen molar-refractivity contribution in [2.24, 2.45) is 16.8 Å². The number of hydrogen-bond acceptors (Lipinski definition) is 6. The molecule has 3 rings (SSSR count). The third-order valence-electron chi connectivity index (χ3n) is 6.04. The van der Waals surface area contributed by atoms with E-state index in [1.807, 2.05) is 6.92 Å². The molecule has 28 heavy (non-hydrogen) atoms. The quantitative estimate of drug-likeness (QED) is 0.342. The minimum absolute atomic E-state index is 0.0241. The van der Waals surface area contributed by atoms with Crippen LogP contribution in [0.5, 0.6) is 0 Å². The number of ether oxygens (including phenoxy) is 1. The van der Waals surface area contributed by atoms with Crippen molar-refractivity contribution in [2.75, 3.05) is 13.7 Å². The lowest BCUT2D eigenvalue weighted by Crippen LogP contribution is -2.50. The zero-order valence-corrected chi connectivity index (χ0v) is 16.8. The van der Waals surface area contributed by atoms with Gasteiger partial charge in [0.2, 0.25) is 5.91 Å². The molecule has 160 valence electrons. The number of carbonyl (C=O) groups excluding carboxylic acids is 1. The Balaban J connectivity index is 1.66. The highest BCUT2D eigenvalue weighted by molar-refractivity contribution is 5.98. The van der Waals surface area contributed by atoms with E-state index in [0.29, 0.717) is 51.1 Å². The minimum Gasteiger partial charge on any atom is -0.393 e. The van der Waals surface area contributed by atoms with E-state index in [9.17, 15) is 14.3 Å². The fourth-order valence-corrected chi connectivity index (χ4v) is 4.44. The van der Waals surface area contributed by atoms with Crippen molar-refractivity contribution in [1.29, 1.82) is 0 Å². The van der Waals surface area contributed by atoms with Crippen LogP contribution in [-0.2, 0) is 9.53 Å². The zero-order valence-electron chi connectivity index (χ0n) is 16.8. The molecule has 8 nitrogen and oxygen atoms in total. The summed E-state index contributed by atoms with van der Waals surface area (Å²) >= 11 is 0. The molecule has 3 aliphatic rings. The third-order valence-corrected chi connectivity index (χ3v) is 6.04. The molecule has 9 heteroatoms. The van der Waals surface area contributed by atoms with Gasteiger partial charge >= 0.3 is 0 Å². The Morgan fingerprint density at radius 3 is 2.71 bits per heavy atom. The lowest BCUT2D eigenvalue weighted by atomic mass is 9.83. The molecule has 1 heterocycles. The summed E-state index contributed by atoms with van der Waals surface area (Å²) in [4.78, 5) is 17.5. The van der Waals surface area contributed by atoms with Gasteiger partial charge in [0.1, 0.15) is 12.3 Å². The Labute approximate surface area is 166 Å². The van der Waals surface area contributed by atoms with E-state index < -0.39 is 6.17 Å². The number of guanidine groups is 1. The summed E-state index contributed by atoms with van der Waals surface area (Å²) in [7, 11) is 1.63. The van der Waals surface area contributed by atoms with Crippen LogP contribution in [-0.4, -0.2) is 61.2 Å². The van der Waals surface area contributed by atoms with Crippen LogP contribution >= 0.6 is 0 Å². The largest absolute Gasteiger partial charge is 0.393 e. The number of aliphatic hydroxyl groups is 1. The fraction of sp³-hybridized carbons (Fsp3) is 0.895. The van der Waals surface area contributed by atoms with Gasteiger partial charge in [-0.2, -0.15) is 0 Å². The van der Waals surface area contributed by atoms with Gasteiger partial charge in [-0.3, -0.25) is 15.5 Å². The number of aliphatic imine (C=N–C) groups is 1. The third kappa shape index (κ3) is 5.62. The van der Waals surface area contributed by atoms with Gasteiger partial charge in [-0.1, -0.05) is 0 Å². The smallest absolute Gasteiger partial charge is 0.229 e. The van der Waals surface area contributed by atoms with Crippen molar-refractivity contribution in [3.05, 3.63) is 0 Å². The topological polar surface area (TPSA) is 107 Å². The molecule has 0 bridgehead atoms. The van der Waals surface area contributed by atoms with Gasteiger partial charge in [0.05, 0.1) is 12.7 Å². The first-order valence-corrected chi connectivity index (χ1v) is 10.4. The molecule has 2 saturated carbocycles. The van der Waals surface area contributed by atoms with E-state index in [1.165, 1.54) is 0 Å². The number of nitrogens with one attached hydrogen (secondary N) is 4. The molecular weight excluding hydrogens is 365 g/mol. The molecule has 5 atom stereocenters. The molecule has 0 aromatic carbocycles. The molecule has 0 aromatic rings. The van der Waals surface area contributed by atoms with Crippen LogP contribution in [0.25, 0.3) is 0 Å². The summed E-state index contributed by atoms with van der Waals surface area (Å²) in [5, 5.41) is 15.8. The maximum Gasteiger partial charge on any atom is 0.229 e. The second kappa shape index (κ2) is 9.96. The molecular formula is C19H34FN5O3. The minimum atomic E-state index is -0.765. The van der Waals surface area contributed by atoms with E-state index in [1.54, 1.807) is 7.11 Å². The van der Waals surface area contributed by atoms with Crippen molar-refractivity contribution in [1.82, 2.24) is 21.5 Å². The summed E-state index contributed by atoms with van der Waals surface area (Å²) in [6.07, 6.45) is 3.19. The van der Waals surface area contributed by atoms with Crippen LogP contribution in [0.1, 0.15) is 51.9 Å². The predicted octanol–water partition coefficient (Wildman–Crippen LogP) is 0.575. The highest BCUT2D eigenvalue weighted by Crippen LogP contribution is 2.32. The number of hydrazine groups is 1. The standard InChI is InChI=1S/C19H34FN5O3/c1-11(10-28-2)21-19(23-18(27)12-3-6-14(26)7-4-12)22-17-15-8-5-13(20)9-16(15)24-25-17/h11-17,24-26H,3-10H2,1-2H3,(H2,21,22,23,27)/t11-,12?,13?,14?,15?,16?,17?/m0/s1. The van der Waals surface area contributed by atoms with Crippen molar-refractivity contribution < 1.29 is 19.0 Å². The van der Waals surface area contributed by atoms with Gasteiger partial charge in [-0.05, 0) is 51.9 Å². The molecule has 0 radical (unpaired) electrons. The number of aliphatic hydroxyl groups excluding tert-OH is 1. The molecule has 2 aliphatic carbocycles. The van der Waals surface area contributed by atoms with E-state index in [-0.39, 0.29) is 42.1 Å². The molecule has 0 aromatic heterocycles. The van der Waals surface area contributed by atoms with Crippen molar-refractivity contribution >= 4 is 11.9 Å². The van der Waals surface area contributed by atoms with Crippen LogP contribution in [0, 0.1) is 11.8 Å². The van der Waals surface area contributed by atoms with Crippen molar-refractivity contribution in [3.63, 3.8) is 0 Å². The van der Waals surface area contributed by atoms with Crippen molar-refractivity contribution in [2.45, 2.75) is 82.4 Å². The number of alkyl halides is 1. The number of amides is 1. The molecule has 0 spiro atoms. The average molecular weight is 400 g/mol. The maximum atomic E-state index is 13.7. The summed E-state index contributed by atoms with van der Waals surface area (Å²) in [6.45, 7) is 2.44. The number of hydrogen-bond donors (Lipinski definition) is 5. The summed E-state index contributed by atoms with van der Waals surface area (Å²) in [5.74, 6) is 0.432. The molecule has 1 amide bonds. The predicted molar refractivity (Wildman–Crippen MR) is 104 cm³/mol. The summed E-state index contributed by atoms with van der Waals surface area (Å²) in [5.41, 5.74) is 6.31. The second-order valence-electron chi connectivity index (χ2n) is 8.39. The Hall–Kier alpha value is -1.29. The van der Waals surface area contributed by atoms with E-state index in [2.05, 4.69) is 21.5 Å². The lowest BCUT2D eigenvalue weighted by Gasteiger charge is -2.29. The average Bonchev–Trinajstić information content (AvgIpc) is 3.04. The fourth-order valence-electron chi connectivity index (χ4n) is 4.44. The highest BCUT2D eigenvalue weighted by atomic mass is 19.1. The Bertz CT molecular complexity index is 556. The Morgan fingerprint density at radius 1 is 1.25 bits per heavy atom. The van der Waals surface area contributed by atoms with Crippen LogP contribution in [0.2, 0.25) is 0 Å². The van der Waals surface area contributed by atoms with Gasteiger partial charge in [-0.25, -0.2) is 14.8 Å². The van der Waals surface area contributed by atoms with Gasteiger partial charge in [-0.15, -0.1) is 0 Å². The Morgan fingerprint density at radius 2 is 2.00 bits per heavy atom. The van der Waals surface area contributed by atoms with Crippen molar-refractivity contribution in [3.8, 4) is 0 Å². The number of nitrogens with zero attached hydrogens (tertiary/aromatic N) is 1. The highest BCUT2D eigenvalue weighted by Gasteiger charge is 2.40. The molecule has 5 N–H and O–H groups in total. The molecule has 3 fully saturated rings. The van der Waals surface area contributed by atoms with Crippen LogP contribution in [0.15, 0.2) is 4.99 Å². The lowest BCUT2D eigenvalue weighted by molar-refractivity contribution is -0.125. The molecule has 1 saturated heterocycles. The number of fused-ring (bicyclic) bond motifs is 1. The zero-order chi connectivity index (χ0) is 20.1. The summed E-state index contributed by atoms with van der Waals surface area (Å²) < 4.78 is 18.8. The first kappa shape index (κ1) is 21.4. The van der Waals surface area contributed by atoms with Crippen LogP contribution < -0.4 is 21.5 Å². The number of methoxy groups -OCH3 is 1. The first-order valence-electron chi connectivity index (χ1n) is 10.4. The van der Waals surface area contributed by atoms with Crippen LogP contribution in [0.4, 0.5) is 4.39 Å². The monoisotopic (exact) mass is 399 g/mol. The van der Waals surface area contributed by atoms with Crippen LogP contribution in [0.3, 0.4) is 0 Å². The first-order chi connectivity index (χ1) is 13.5. The van der Waals surface area contributed by atoms with E-state index >= 15 is 0 Å². The number of rotatable bonds is 5.